The van der Waals surface area contributed by atoms with Gasteiger partial charge in [-0.15, -0.1) is 0 Å². The summed E-state index contributed by atoms with van der Waals surface area (Å²) < 4.78 is 52.7. The van der Waals surface area contributed by atoms with E-state index in [0.717, 1.165) is 33.0 Å². The van der Waals surface area contributed by atoms with Gasteiger partial charge in [0, 0.05) is 0 Å². The van der Waals surface area contributed by atoms with Crippen LogP contribution in [0.4, 0.5) is 4.39 Å². The second kappa shape index (κ2) is 19.0. The number of halogens is 1. The Morgan fingerprint density at radius 1 is 0.588 bits per heavy atom. The molecule has 0 amide bonds. The highest BCUT2D eigenvalue weighted by Crippen LogP contribution is 2.27. The lowest BCUT2D eigenvalue weighted by atomic mass is 10.1. The van der Waals surface area contributed by atoms with Crippen LogP contribution in [0.1, 0.15) is 22.3 Å². The van der Waals surface area contributed by atoms with E-state index >= 15 is 4.39 Å². The first-order valence-corrected chi connectivity index (χ1v) is 17.3. The molecule has 0 radical (unpaired) electrons. The maximum atomic E-state index is 15.1. The molecule has 1 aliphatic rings. The van der Waals surface area contributed by atoms with E-state index in [1.54, 1.807) is 0 Å². The molecule has 1 heterocycles. The van der Waals surface area contributed by atoms with Crippen molar-refractivity contribution in [2.24, 2.45) is 0 Å². The first kappa shape index (κ1) is 36.8. The van der Waals surface area contributed by atoms with E-state index in [-0.39, 0.29) is 33.0 Å². The maximum absolute atomic E-state index is 15.1. The van der Waals surface area contributed by atoms with Gasteiger partial charge in [-0.2, -0.15) is 0 Å². The molecule has 9 heteroatoms. The van der Waals surface area contributed by atoms with Gasteiger partial charge in [-0.05, 0) is 39.1 Å². The van der Waals surface area contributed by atoms with Crippen molar-refractivity contribution in [1.29, 1.82) is 0 Å². The number of alkyl halides is 1. The third-order valence-corrected chi connectivity index (χ3v) is 8.88. The van der Waals surface area contributed by atoms with Gasteiger partial charge in [0.15, 0.2) is 12.5 Å². The van der Waals surface area contributed by atoms with Gasteiger partial charge < -0.3 is 38.6 Å². The molecule has 2 N–H and O–H groups in total. The zero-order valence-electron chi connectivity index (χ0n) is 28.4. The Hall–Kier alpha value is -4.03. The molecule has 268 valence electrons. The molecule has 0 aliphatic carbocycles. The number of hydrogen-bond donors (Lipinski definition) is 2. The predicted octanol–water partition coefficient (Wildman–Crippen LogP) is 6.55. The molecule has 5 aromatic carbocycles. The highest BCUT2D eigenvalue weighted by molar-refractivity contribution is 5.82. The van der Waals surface area contributed by atoms with Crippen molar-refractivity contribution >= 4 is 10.8 Å². The first-order valence-electron chi connectivity index (χ1n) is 17.3. The first-order chi connectivity index (χ1) is 25.1. The van der Waals surface area contributed by atoms with Crippen molar-refractivity contribution in [3.8, 4) is 0 Å². The van der Waals surface area contributed by atoms with E-state index in [0.29, 0.717) is 6.61 Å². The average Bonchev–Trinajstić information content (AvgIpc) is 3.46. The van der Waals surface area contributed by atoms with Crippen LogP contribution in [-0.2, 0) is 54.8 Å². The number of ether oxygens (including phenoxy) is 6. The zero-order valence-corrected chi connectivity index (χ0v) is 28.4. The van der Waals surface area contributed by atoms with Crippen LogP contribution in [0.5, 0.6) is 0 Å². The Bertz CT molecular complexity index is 1730. The van der Waals surface area contributed by atoms with Crippen molar-refractivity contribution in [3.05, 3.63) is 156 Å². The van der Waals surface area contributed by atoms with E-state index < -0.39 is 49.6 Å². The van der Waals surface area contributed by atoms with Gasteiger partial charge in [-0.3, -0.25) is 0 Å². The van der Waals surface area contributed by atoms with Crippen LogP contribution in [0, 0.1) is 0 Å². The Balaban J connectivity index is 1.26. The summed E-state index contributed by atoms with van der Waals surface area (Å²) in [5.41, 5.74) is 3.86. The molecule has 5 aromatic rings. The lowest BCUT2D eigenvalue weighted by Gasteiger charge is -2.34. The number of aliphatic hydroxyl groups excluding tert-OH is 2. The van der Waals surface area contributed by atoms with Gasteiger partial charge in [0.1, 0.15) is 30.5 Å². The smallest absolute Gasteiger partial charge is 0.192 e. The quantitative estimate of drug-likeness (QED) is 0.101. The number of benzene rings is 5. The Morgan fingerprint density at radius 3 is 1.69 bits per heavy atom. The Labute approximate surface area is 298 Å². The average molecular weight is 697 g/mol. The van der Waals surface area contributed by atoms with Crippen LogP contribution in [-0.4, -0.2) is 73.0 Å². The minimum atomic E-state index is -1.85. The van der Waals surface area contributed by atoms with Crippen LogP contribution in [0.25, 0.3) is 10.8 Å². The molecule has 1 aliphatic heterocycles. The topological polar surface area (TPSA) is 95.8 Å². The van der Waals surface area contributed by atoms with Crippen molar-refractivity contribution in [2.75, 3.05) is 19.8 Å². The molecule has 8 nitrogen and oxygen atoms in total. The van der Waals surface area contributed by atoms with Crippen LogP contribution >= 0.6 is 0 Å². The highest BCUT2D eigenvalue weighted by Gasteiger charge is 2.45. The number of aliphatic hydroxyl groups is 2. The summed E-state index contributed by atoms with van der Waals surface area (Å²) >= 11 is 0. The standard InChI is InChI=1S/C42H45FO8/c43-39-40(45)36(23-44)51-42(39)50-29-38(48-26-31-14-6-2-7-15-31)41(49-27-32-16-8-3-9-17-32)37(47-25-30-12-4-1-5-13-30)28-46-24-33-20-21-34-18-10-11-19-35(34)22-33/h1-22,36-42,44-45H,23-29H2/t36-,37?,38?,39+,40?,41?,42-/m1/s1. The molecule has 4 unspecified atom stereocenters. The van der Waals surface area contributed by atoms with Crippen LogP contribution < -0.4 is 0 Å². The zero-order chi connectivity index (χ0) is 35.3. The second-order valence-electron chi connectivity index (χ2n) is 12.6. The third-order valence-electron chi connectivity index (χ3n) is 8.88. The Kier molecular flexibility index (Phi) is 13.7. The third kappa shape index (κ3) is 10.5. The minimum Gasteiger partial charge on any atom is -0.394 e. The van der Waals surface area contributed by atoms with Gasteiger partial charge in [0.05, 0.1) is 46.2 Å². The fourth-order valence-corrected chi connectivity index (χ4v) is 6.04. The van der Waals surface area contributed by atoms with Gasteiger partial charge in [-0.25, -0.2) is 4.39 Å². The molecule has 0 spiro atoms. The molecule has 0 saturated carbocycles. The largest absolute Gasteiger partial charge is 0.394 e. The summed E-state index contributed by atoms with van der Waals surface area (Å²) in [5, 5.41) is 22.1. The van der Waals surface area contributed by atoms with E-state index in [1.165, 1.54) is 0 Å². The fourth-order valence-electron chi connectivity index (χ4n) is 6.04. The van der Waals surface area contributed by atoms with Crippen molar-refractivity contribution in [1.82, 2.24) is 0 Å². The Morgan fingerprint density at radius 2 is 1.12 bits per heavy atom. The second-order valence-corrected chi connectivity index (χ2v) is 12.6. The summed E-state index contributed by atoms with van der Waals surface area (Å²) in [6.07, 6.45) is -8.06. The minimum absolute atomic E-state index is 0.154. The highest BCUT2D eigenvalue weighted by atomic mass is 19.1. The molecule has 51 heavy (non-hydrogen) atoms. The summed E-state index contributed by atoms with van der Waals surface area (Å²) in [6.45, 7) is 0.541. The summed E-state index contributed by atoms with van der Waals surface area (Å²) in [6, 6.07) is 43.7. The summed E-state index contributed by atoms with van der Waals surface area (Å²) in [4.78, 5) is 0. The number of fused-ring (bicyclic) bond motifs is 1. The molecule has 6 rings (SSSR count). The van der Waals surface area contributed by atoms with Gasteiger partial charge in [0.25, 0.3) is 0 Å². The molecule has 0 bridgehead atoms. The SMILES string of the molecule is OC[C@H]1O[C@@H](OCC(OCc2ccccc2)C(OCc2ccccc2)C(COCc2ccc3ccccc3c2)OCc2ccccc2)[C@@H](F)C1O. The normalized spacial score (nSPS) is 20.7. The van der Waals surface area contributed by atoms with Gasteiger partial charge in [0.2, 0.25) is 0 Å². The number of rotatable bonds is 19. The lowest BCUT2D eigenvalue weighted by Crippen LogP contribution is -2.48. The van der Waals surface area contributed by atoms with Crippen molar-refractivity contribution < 1.29 is 43.0 Å². The fraction of sp³-hybridized carbons (Fsp3) is 0.333. The monoisotopic (exact) mass is 696 g/mol. The summed E-state index contributed by atoms with van der Waals surface area (Å²) in [7, 11) is 0. The maximum Gasteiger partial charge on any atom is 0.192 e. The van der Waals surface area contributed by atoms with Crippen molar-refractivity contribution in [3.63, 3.8) is 0 Å². The van der Waals surface area contributed by atoms with Crippen LogP contribution in [0.15, 0.2) is 133 Å². The molecule has 1 saturated heterocycles. The van der Waals surface area contributed by atoms with Crippen LogP contribution in [0.3, 0.4) is 0 Å². The van der Waals surface area contributed by atoms with Crippen LogP contribution in [0.2, 0.25) is 0 Å². The van der Waals surface area contributed by atoms with Gasteiger partial charge in [-0.1, -0.05) is 127 Å². The van der Waals surface area contributed by atoms with Crippen molar-refractivity contribution in [2.45, 2.75) is 69.4 Å². The molecule has 0 aromatic heterocycles. The molecule has 1 fully saturated rings. The van der Waals surface area contributed by atoms with E-state index in [4.69, 9.17) is 28.4 Å². The molecular formula is C42H45FO8. The van der Waals surface area contributed by atoms with E-state index in [2.05, 4.69) is 24.3 Å². The van der Waals surface area contributed by atoms with Gasteiger partial charge >= 0.3 is 0 Å². The lowest BCUT2D eigenvalue weighted by molar-refractivity contribution is -0.213. The predicted molar refractivity (Wildman–Crippen MR) is 191 cm³/mol. The molecule has 7 atom stereocenters. The summed E-state index contributed by atoms with van der Waals surface area (Å²) in [5.74, 6) is 0. The number of hydrogen-bond acceptors (Lipinski definition) is 8. The molecular weight excluding hydrogens is 651 g/mol. The van der Waals surface area contributed by atoms with E-state index in [1.807, 2.05) is 109 Å². The van der Waals surface area contributed by atoms with E-state index in [9.17, 15) is 10.2 Å².